The maximum Gasteiger partial charge on any atom is 0.150 e. The van der Waals surface area contributed by atoms with Crippen LogP contribution in [-0.2, 0) is 0 Å². The van der Waals surface area contributed by atoms with Crippen LogP contribution in [0.4, 0.5) is 0 Å². The smallest absolute Gasteiger partial charge is 0.150 e. The largest absolute Gasteiger partial charge is 0.298 e. The number of benzene rings is 2. The van der Waals surface area contributed by atoms with Crippen molar-refractivity contribution in [2.75, 3.05) is 0 Å². The summed E-state index contributed by atoms with van der Waals surface area (Å²) in [5, 5.41) is 1.01. The van der Waals surface area contributed by atoms with Gasteiger partial charge in [0.05, 0.1) is 0 Å². The number of hydrogen-bond acceptors (Lipinski definition) is 2. The van der Waals surface area contributed by atoms with Crippen molar-refractivity contribution in [2.45, 2.75) is 0 Å². The monoisotopic (exact) mass is 278 g/mol. The molecule has 0 N–H and O–H groups in total. The second-order valence-electron chi connectivity index (χ2n) is 3.75. The van der Waals surface area contributed by atoms with Crippen molar-refractivity contribution in [3.8, 4) is 11.1 Å². The molecule has 0 fully saturated rings. The first-order chi connectivity index (χ1) is 8.63. The molecular formula is C14H8Cl2O2. The zero-order chi connectivity index (χ0) is 13.1. The zero-order valence-electron chi connectivity index (χ0n) is 9.19. The van der Waals surface area contributed by atoms with Crippen LogP contribution in [0.25, 0.3) is 11.1 Å². The lowest BCUT2D eigenvalue weighted by molar-refractivity contribution is 0.112. The van der Waals surface area contributed by atoms with Gasteiger partial charge in [-0.2, -0.15) is 0 Å². The van der Waals surface area contributed by atoms with Gasteiger partial charge in [-0.15, -0.1) is 0 Å². The van der Waals surface area contributed by atoms with E-state index in [1.54, 1.807) is 30.3 Å². The van der Waals surface area contributed by atoms with Gasteiger partial charge in [0.25, 0.3) is 0 Å². The Hall–Kier alpha value is -1.64. The highest BCUT2D eigenvalue weighted by atomic mass is 35.5. The minimum Gasteiger partial charge on any atom is -0.298 e. The van der Waals surface area contributed by atoms with Gasteiger partial charge in [0.2, 0.25) is 0 Å². The summed E-state index contributed by atoms with van der Waals surface area (Å²) in [5.41, 5.74) is 2.30. The molecule has 0 unspecified atom stereocenters. The maximum absolute atomic E-state index is 10.8. The molecule has 2 aromatic carbocycles. The minimum absolute atomic E-state index is 0.431. The first-order valence-electron chi connectivity index (χ1n) is 5.15. The van der Waals surface area contributed by atoms with Crippen LogP contribution >= 0.6 is 23.2 Å². The van der Waals surface area contributed by atoms with Crippen LogP contribution < -0.4 is 0 Å². The second-order valence-corrected chi connectivity index (χ2v) is 4.59. The Kier molecular flexibility index (Phi) is 3.80. The van der Waals surface area contributed by atoms with Crippen molar-refractivity contribution in [3.63, 3.8) is 0 Å². The van der Waals surface area contributed by atoms with Gasteiger partial charge in [-0.05, 0) is 35.9 Å². The number of halogens is 2. The van der Waals surface area contributed by atoms with Crippen molar-refractivity contribution in [1.29, 1.82) is 0 Å². The Morgan fingerprint density at radius 1 is 0.833 bits per heavy atom. The van der Waals surface area contributed by atoms with Crippen LogP contribution in [0.15, 0.2) is 36.4 Å². The summed E-state index contributed by atoms with van der Waals surface area (Å²) >= 11 is 11.9. The lowest BCUT2D eigenvalue weighted by Crippen LogP contribution is -1.89. The summed E-state index contributed by atoms with van der Waals surface area (Å²) in [6, 6.07) is 9.95. The van der Waals surface area contributed by atoms with E-state index in [0.717, 1.165) is 5.56 Å². The highest BCUT2D eigenvalue weighted by molar-refractivity contribution is 6.36. The zero-order valence-corrected chi connectivity index (χ0v) is 10.7. The predicted molar refractivity (Wildman–Crippen MR) is 72.7 cm³/mol. The summed E-state index contributed by atoms with van der Waals surface area (Å²) in [4.78, 5) is 21.7. The fraction of sp³-hybridized carbons (Fsp3) is 0. The van der Waals surface area contributed by atoms with E-state index in [1.807, 2.05) is 0 Å². The topological polar surface area (TPSA) is 34.1 Å². The number of aldehydes is 2. The highest BCUT2D eigenvalue weighted by Gasteiger charge is 2.07. The molecular weight excluding hydrogens is 271 g/mol. The molecule has 0 saturated heterocycles. The van der Waals surface area contributed by atoms with Gasteiger partial charge in [-0.3, -0.25) is 9.59 Å². The molecule has 4 heteroatoms. The van der Waals surface area contributed by atoms with Gasteiger partial charge in [0.1, 0.15) is 12.6 Å². The average molecular weight is 279 g/mol. The maximum atomic E-state index is 10.8. The summed E-state index contributed by atoms with van der Waals surface area (Å²) in [6.45, 7) is 0. The summed E-state index contributed by atoms with van der Waals surface area (Å²) in [5.74, 6) is 0. The second kappa shape index (κ2) is 5.34. The van der Waals surface area contributed by atoms with Gasteiger partial charge in [-0.1, -0.05) is 29.3 Å². The molecule has 0 aliphatic carbocycles. The fourth-order valence-electron chi connectivity index (χ4n) is 1.69. The van der Waals surface area contributed by atoms with Crippen molar-refractivity contribution in [2.24, 2.45) is 0 Å². The van der Waals surface area contributed by atoms with E-state index in [-0.39, 0.29) is 0 Å². The van der Waals surface area contributed by atoms with E-state index >= 15 is 0 Å². The Morgan fingerprint density at radius 2 is 1.44 bits per heavy atom. The first-order valence-corrected chi connectivity index (χ1v) is 5.90. The van der Waals surface area contributed by atoms with Crippen LogP contribution in [0.2, 0.25) is 10.0 Å². The van der Waals surface area contributed by atoms with E-state index in [1.165, 1.54) is 6.07 Å². The van der Waals surface area contributed by atoms with E-state index < -0.39 is 0 Å². The van der Waals surface area contributed by atoms with Gasteiger partial charge in [0, 0.05) is 26.7 Å². The average Bonchev–Trinajstić information content (AvgIpc) is 2.38. The van der Waals surface area contributed by atoms with E-state index in [0.29, 0.717) is 39.3 Å². The van der Waals surface area contributed by atoms with Crippen molar-refractivity contribution in [3.05, 3.63) is 57.6 Å². The van der Waals surface area contributed by atoms with Crippen LogP contribution in [0.3, 0.4) is 0 Å². The molecule has 0 atom stereocenters. The molecule has 90 valence electrons. The molecule has 0 radical (unpaired) electrons. The summed E-state index contributed by atoms with van der Waals surface area (Å²) in [7, 11) is 0. The van der Waals surface area contributed by atoms with Gasteiger partial charge in [0.15, 0.2) is 0 Å². The van der Waals surface area contributed by atoms with Gasteiger partial charge >= 0.3 is 0 Å². The van der Waals surface area contributed by atoms with Crippen LogP contribution in [0.1, 0.15) is 20.7 Å². The van der Waals surface area contributed by atoms with Crippen molar-refractivity contribution in [1.82, 2.24) is 0 Å². The third kappa shape index (κ3) is 2.61. The molecule has 0 aromatic heterocycles. The number of carbonyl (C=O) groups excluding carboxylic acids is 2. The van der Waals surface area contributed by atoms with E-state index in [4.69, 9.17) is 23.2 Å². The normalized spacial score (nSPS) is 10.1. The summed E-state index contributed by atoms with van der Waals surface area (Å²) < 4.78 is 0. The van der Waals surface area contributed by atoms with Crippen LogP contribution in [0.5, 0.6) is 0 Å². The highest BCUT2D eigenvalue weighted by Crippen LogP contribution is 2.31. The van der Waals surface area contributed by atoms with Gasteiger partial charge in [-0.25, -0.2) is 0 Å². The lowest BCUT2D eigenvalue weighted by atomic mass is 10.0. The Balaban J connectivity index is 2.62. The Bertz CT molecular complexity index is 595. The first kappa shape index (κ1) is 12.8. The molecule has 0 amide bonds. The Labute approximate surface area is 114 Å². The molecule has 2 aromatic rings. The molecule has 0 bridgehead atoms. The fourth-order valence-corrected chi connectivity index (χ4v) is 2.21. The van der Waals surface area contributed by atoms with Crippen LogP contribution in [-0.4, -0.2) is 12.6 Å². The van der Waals surface area contributed by atoms with E-state index in [2.05, 4.69) is 0 Å². The Morgan fingerprint density at radius 3 is 1.94 bits per heavy atom. The van der Waals surface area contributed by atoms with Crippen molar-refractivity contribution < 1.29 is 9.59 Å². The van der Waals surface area contributed by atoms with Crippen molar-refractivity contribution >= 4 is 35.8 Å². The van der Waals surface area contributed by atoms with E-state index in [9.17, 15) is 9.59 Å². The number of hydrogen-bond donors (Lipinski definition) is 0. The standard InChI is InChI=1S/C14H8Cl2O2/c15-12-1-2-13(14(16)6-12)11-4-9(7-17)3-10(5-11)8-18/h1-8H. The molecule has 0 aliphatic heterocycles. The third-order valence-corrected chi connectivity index (χ3v) is 3.04. The number of carbonyl (C=O) groups is 2. The third-order valence-electron chi connectivity index (χ3n) is 2.49. The lowest BCUT2D eigenvalue weighted by Gasteiger charge is -2.07. The minimum atomic E-state index is 0.431. The predicted octanol–water partition coefficient (Wildman–Crippen LogP) is 4.29. The summed E-state index contributed by atoms with van der Waals surface area (Å²) in [6.07, 6.45) is 1.39. The van der Waals surface area contributed by atoms with Crippen LogP contribution in [0, 0.1) is 0 Å². The molecule has 0 aliphatic rings. The molecule has 18 heavy (non-hydrogen) atoms. The molecule has 2 rings (SSSR count). The quantitative estimate of drug-likeness (QED) is 0.785. The molecule has 0 saturated carbocycles. The molecule has 0 heterocycles. The number of rotatable bonds is 3. The molecule has 0 spiro atoms. The SMILES string of the molecule is O=Cc1cc(C=O)cc(-c2ccc(Cl)cc2Cl)c1. The molecule has 2 nitrogen and oxygen atoms in total. The van der Waals surface area contributed by atoms with Gasteiger partial charge < -0.3 is 0 Å².